The van der Waals surface area contributed by atoms with Gasteiger partial charge in [0.1, 0.15) is 5.75 Å². The Balaban J connectivity index is 1.53. The zero-order chi connectivity index (χ0) is 21.8. The fraction of sp³-hybridized carbons (Fsp3) is 0.321. The Labute approximate surface area is 185 Å². The summed E-state index contributed by atoms with van der Waals surface area (Å²) in [4.78, 5) is 13.1. The van der Waals surface area contributed by atoms with E-state index in [2.05, 4.69) is 61.6 Å². The first kappa shape index (κ1) is 21.2. The standard InChI is InChI=1S/C28H31NO2/c1-19-13-16-26(20(2)17-19)27(23-10-5-4-6-11-23)29-28(30)21(3)31-25-15-14-22-9-7-8-12-24(22)18-25/h4-6,10-11,13-18,21,27H,7-9,12H2,1-3H3,(H,29,30)/t21-,27-/m0/s1. The molecule has 0 radical (unpaired) electrons. The van der Waals surface area contributed by atoms with Crippen molar-refractivity contribution in [2.75, 3.05) is 0 Å². The third-order valence-corrected chi connectivity index (χ3v) is 6.16. The second-order valence-corrected chi connectivity index (χ2v) is 8.61. The molecule has 1 aliphatic rings. The summed E-state index contributed by atoms with van der Waals surface area (Å²) in [5, 5.41) is 3.23. The van der Waals surface area contributed by atoms with Crippen LogP contribution in [0.3, 0.4) is 0 Å². The van der Waals surface area contributed by atoms with Crippen LogP contribution in [-0.4, -0.2) is 12.0 Å². The van der Waals surface area contributed by atoms with Gasteiger partial charge < -0.3 is 10.1 Å². The van der Waals surface area contributed by atoms with E-state index in [1.165, 1.54) is 29.5 Å². The molecule has 0 saturated heterocycles. The zero-order valence-corrected chi connectivity index (χ0v) is 18.7. The van der Waals surface area contributed by atoms with Crippen LogP contribution in [0.5, 0.6) is 5.75 Å². The fourth-order valence-electron chi connectivity index (χ4n) is 4.44. The van der Waals surface area contributed by atoms with Gasteiger partial charge in [-0.25, -0.2) is 0 Å². The SMILES string of the molecule is Cc1ccc([C@@H](NC(=O)[C@H](C)Oc2ccc3c(c2)CCCC3)c2ccccc2)c(C)c1. The Morgan fingerprint density at radius 3 is 2.39 bits per heavy atom. The molecule has 3 heteroatoms. The third kappa shape index (κ3) is 4.99. The summed E-state index contributed by atoms with van der Waals surface area (Å²) in [5.41, 5.74) is 7.30. The summed E-state index contributed by atoms with van der Waals surface area (Å²) < 4.78 is 6.05. The van der Waals surface area contributed by atoms with Gasteiger partial charge in [0.25, 0.3) is 5.91 Å². The van der Waals surface area contributed by atoms with Gasteiger partial charge in [0.2, 0.25) is 0 Å². The Hall–Kier alpha value is -3.07. The average Bonchev–Trinajstić information content (AvgIpc) is 2.78. The number of ether oxygens (including phenoxy) is 1. The molecule has 2 atom stereocenters. The molecular formula is C28H31NO2. The lowest BCUT2D eigenvalue weighted by molar-refractivity contribution is -0.127. The molecule has 0 saturated carbocycles. The second kappa shape index (κ2) is 9.38. The van der Waals surface area contributed by atoms with E-state index in [0.29, 0.717) is 0 Å². The molecule has 3 nitrogen and oxygen atoms in total. The van der Waals surface area contributed by atoms with Crippen molar-refractivity contribution in [1.29, 1.82) is 0 Å². The number of carbonyl (C=O) groups is 1. The number of hydrogen-bond acceptors (Lipinski definition) is 2. The maximum atomic E-state index is 13.1. The van der Waals surface area contributed by atoms with Crippen molar-refractivity contribution in [2.45, 2.75) is 58.6 Å². The summed E-state index contributed by atoms with van der Waals surface area (Å²) in [6.07, 6.45) is 4.13. The lowest BCUT2D eigenvalue weighted by atomic mass is 9.92. The predicted molar refractivity (Wildman–Crippen MR) is 126 cm³/mol. The molecule has 1 N–H and O–H groups in total. The van der Waals surface area contributed by atoms with Gasteiger partial charge in [0.15, 0.2) is 6.10 Å². The molecule has 0 aliphatic heterocycles. The van der Waals surface area contributed by atoms with Gasteiger partial charge in [0.05, 0.1) is 6.04 Å². The molecule has 0 aromatic heterocycles. The maximum absolute atomic E-state index is 13.1. The fourth-order valence-corrected chi connectivity index (χ4v) is 4.44. The summed E-state index contributed by atoms with van der Waals surface area (Å²) in [7, 11) is 0. The van der Waals surface area contributed by atoms with E-state index in [1.54, 1.807) is 0 Å². The van der Waals surface area contributed by atoms with Crippen LogP contribution in [0.1, 0.15) is 59.2 Å². The molecule has 3 aromatic rings. The Kier molecular flexibility index (Phi) is 6.41. The summed E-state index contributed by atoms with van der Waals surface area (Å²) in [6.45, 7) is 6.00. The number of carbonyl (C=O) groups excluding carboxylic acids is 1. The molecule has 1 aliphatic carbocycles. The van der Waals surface area contributed by atoms with Crippen molar-refractivity contribution >= 4 is 5.91 Å². The predicted octanol–water partition coefficient (Wildman–Crippen LogP) is 5.86. The number of benzene rings is 3. The summed E-state index contributed by atoms with van der Waals surface area (Å²) in [6, 6.07) is 22.5. The van der Waals surface area contributed by atoms with E-state index in [9.17, 15) is 4.79 Å². The lowest BCUT2D eigenvalue weighted by Crippen LogP contribution is -2.39. The molecule has 160 valence electrons. The molecule has 0 unspecified atom stereocenters. The normalized spacial score (nSPS) is 14.9. The Morgan fingerprint density at radius 2 is 1.65 bits per heavy atom. The van der Waals surface area contributed by atoms with Gasteiger partial charge in [-0.15, -0.1) is 0 Å². The highest BCUT2D eigenvalue weighted by Gasteiger charge is 2.23. The largest absolute Gasteiger partial charge is 0.481 e. The zero-order valence-electron chi connectivity index (χ0n) is 18.7. The van der Waals surface area contributed by atoms with E-state index >= 15 is 0 Å². The number of fused-ring (bicyclic) bond motifs is 1. The topological polar surface area (TPSA) is 38.3 Å². The quantitative estimate of drug-likeness (QED) is 0.550. The number of amides is 1. The van der Waals surface area contributed by atoms with Crippen molar-refractivity contribution in [2.24, 2.45) is 0 Å². The first-order valence-corrected chi connectivity index (χ1v) is 11.2. The molecule has 4 rings (SSSR count). The van der Waals surface area contributed by atoms with Gasteiger partial charge in [-0.2, -0.15) is 0 Å². The molecule has 0 fully saturated rings. The first-order chi connectivity index (χ1) is 15.0. The van der Waals surface area contributed by atoms with Crippen LogP contribution >= 0.6 is 0 Å². The van der Waals surface area contributed by atoms with Crippen LogP contribution in [0.4, 0.5) is 0 Å². The van der Waals surface area contributed by atoms with Crippen molar-refractivity contribution < 1.29 is 9.53 Å². The lowest BCUT2D eigenvalue weighted by Gasteiger charge is -2.24. The van der Waals surface area contributed by atoms with E-state index in [4.69, 9.17) is 4.74 Å². The first-order valence-electron chi connectivity index (χ1n) is 11.2. The van der Waals surface area contributed by atoms with Gasteiger partial charge in [0, 0.05) is 0 Å². The van der Waals surface area contributed by atoms with Crippen molar-refractivity contribution in [3.05, 3.63) is 100 Å². The molecule has 0 spiro atoms. The Bertz CT molecular complexity index is 1060. The van der Waals surface area contributed by atoms with E-state index in [-0.39, 0.29) is 11.9 Å². The molecular weight excluding hydrogens is 382 g/mol. The third-order valence-electron chi connectivity index (χ3n) is 6.16. The monoisotopic (exact) mass is 413 g/mol. The second-order valence-electron chi connectivity index (χ2n) is 8.61. The van der Waals surface area contributed by atoms with Crippen LogP contribution < -0.4 is 10.1 Å². The van der Waals surface area contributed by atoms with Crippen LogP contribution in [-0.2, 0) is 17.6 Å². The van der Waals surface area contributed by atoms with Crippen molar-refractivity contribution in [3.63, 3.8) is 0 Å². The molecule has 0 heterocycles. The minimum atomic E-state index is -0.585. The number of hydrogen-bond donors (Lipinski definition) is 1. The molecule has 0 bridgehead atoms. The van der Waals surface area contributed by atoms with Crippen molar-refractivity contribution in [3.8, 4) is 5.75 Å². The van der Waals surface area contributed by atoms with Crippen LogP contribution in [0.15, 0.2) is 66.7 Å². The van der Waals surface area contributed by atoms with Crippen molar-refractivity contribution in [1.82, 2.24) is 5.32 Å². The summed E-state index contributed by atoms with van der Waals surface area (Å²) >= 11 is 0. The van der Waals surface area contributed by atoms with Gasteiger partial charge in [-0.3, -0.25) is 4.79 Å². The number of aryl methyl sites for hydroxylation is 4. The van der Waals surface area contributed by atoms with E-state index < -0.39 is 6.10 Å². The minimum Gasteiger partial charge on any atom is -0.481 e. The van der Waals surface area contributed by atoms with E-state index in [1.807, 2.05) is 31.2 Å². The average molecular weight is 414 g/mol. The van der Waals surface area contributed by atoms with Crippen LogP contribution in [0.2, 0.25) is 0 Å². The van der Waals surface area contributed by atoms with Crippen LogP contribution in [0.25, 0.3) is 0 Å². The molecule has 3 aromatic carbocycles. The maximum Gasteiger partial charge on any atom is 0.261 e. The van der Waals surface area contributed by atoms with E-state index in [0.717, 1.165) is 35.3 Å². The molecule has 1 amide bonds. The van der Waals surface area contributed by atoms with Crippen LogP contribution in [0, 0.1) is 13.8 Å². The Morgan fingerprint density at radius 1 is 0.903 bits per heavy atom. The van der Waals surface area contributed by atoms with Gasteiger partial charge in [-0.05, 0) is 86.4 Å². The number of rotatable bonds is 6. The van der Waals surface area contributed by atoms with Gasteiger partial charge >= 0.3 is 0 Å². The summed E-state index contributed by atoms with van der Waals surface area (Å²) in [5.74, 6) is 0.651. The van der Waals surface area contributed by atoms with Gasteiger partial charge in [-0.1, -0.05) is 60.2 Å². The minimum absolute atomic E-state index is 0.119. The highest BCUT2D eigenvalue weighted by Crippen LogP contribution is 2.28. The molecule has 31 heavy (non-hydrogen) atoms. The highest BCUT2D eigenvalue weighted by atomic mass is 16.5. The smallest absolute Gasteiger partial charge is 0.261 e. The highest BCUT2D eigenvalue weighted by molar-refractivity contribution is 5.81. The number of nitrogens with one attached hydrogen (secondary N) is 1.